The maximum atomic E-state index is 5.61. The molecule has 5 heteroatoms. The molecule has 0 fully saturated rings. The Morgan fingerprint density at radius 2 is 2.07 bits per heavy atom. The first-order valence-corrected chi connectivity index (χ1v) is 4.07. The second kappa shape index (κ2) is 4.27. The summed E-state index contributed by atoms with van der Waals surface area (Å²) >= 11 is 0. The molecule has 1 aromatic carbocycles. The molecule has 14 heavy (non-hydrogen) atoms. The van der Waals surface area contributed by atoms with Gasteiger partial charge in [-0.15, -0.1) is 5.10 Å². The number of benzene rings is 1. The highest BCUT2D eigenvalue weighted by atomic mass is 15.3. The monoisotopic (exact) mass is 191 g/mol. The summed E-state index contributed by atoms with van der Waals surface area (Å²) in [4.78, 5) is 0. The fourth-order valence-electron chi connectivity index (χ4n) is 0.956. The van der Waals surface area contributed by atoms with Crippen molar-refractivity contribution in [1.82, 2.24) is 0 Å². The molecule has 0 radical (unpaired) electrons. The number of hydrogen-bond donors (Lipinski definition) is 3. The predicted molar refractivity (Wildman–Crippen MR) is 59.0 cm³/mol. The molecular formula is C9H13N5. The van der Waals surface area contributed by atoms with Gasteiger partial charge in [0, 0.05) is 5.69 Å². The Balaban J connectivity index is 2.91. The van der Waals surface area contributed by atoms with Gasteiger partial charge in [-0.1, -0.05) is 6.07 Å². The second-order valence-corrected chi connectivity index (χ2v) is 2.89. The summed E-state index contributed by atoms with van der Waals surface area (Å²) < 4.78 is 0. The highest BCUT2D eigenvalue weighted by Crippen LogP contribution is 2.10. The summed E-state index contributed by atoms with van der Waals surface area (Å²) in [6.07, 6.45) is 1.56. The van der Waals surface area contributed by atoms with Gasteiger partial charge in [0.25, 0.3) is 0 Å². The molecule has 6 N–H and O–H groups in total. The van der Waals surface area contributed by atoms with E-state index in [1.54, 1.807) is 12.3 Å². The molecule has 74 valence electrons. The molecule has 0 saturated carbocycles. The number of hydrogen-bond acceptors (Lipinski definition) is 3. The zero-order chi connectivity index (χ0) is 10.6. The van der Waals surface area contributed by atoms with Crippen molar-refractivity contribution in [3.63, 3.8) is 0 Å². The van der Waals surface area contributed by atoms with Crippen molar-refractivity contribution >= 4 is 17.9 Å². The Labute approximate surface area is 82.3 Å². The van der Waals surface area contributed by atoms with Gasteiger partial charge in [-0.2, -0.15) is 5.10 Å². The Hall–Kier alpha value is -2.04. The van der Waals surface area contributed by atoms with Gasteiger partial charge in [-0.25, -0.2) is 0 Å². The minimum absolute atomic E-state index is 0.0668. The lowest BCUT2D eigenvalue weighted by molar-refractivity contribution is 1.21. The van der Waals surface area contributed by atoms with Crippen LogP contribution in [-0.2, 0) is 0 Å². The van der Waals surface area contributed by atoms with Gasteiger partial charge < -0.3 is 17.2 Å². The lowest BCUT2D eigenvalue weighted by Gasteiger charge is -1.99. The minimum Gasteiger partial charge on any atom is -0.399 e. The van der Waals surface area contributed by atoms with E-state index in [-0.39, 0.29) is 5.96 Å². The first kappa shape index (κ1) is 10.0. The highest BCUT2D eigenvalue weighted by molar-refractivity contribution is 5.84. The molecule has 0 unspecified atom stereocenters. The predicted octanol–water partition coefficient (Wildman–Crippen LogP) is 0.185. The molecule has 0 atom stereocenters. The van der Waals surface area contributed by atoms with Crippen LogP contribution in [0.1, 0.15) is 11.1 Å². The lowest BCUT2D eigenvalue weighted by atomic mass is 10.1. The van der Waals surface area contributed by atoms with Crippen LogP contribution in [0, 0.1) is 6.92 Å². The van der Waals surface area contributed by atoms with Gasteiger partial charge >= 0.3 is 0 Å². The van der Waals surface area contributed by atoms with Gasteiger partial charge in [-0.05, 0) is 30.2 Å². The minimum atomic E-state index is -0.0668. The molecule has 0 heterocycles. The molecule has 0 aliphatic heterocycles. The lowest BCUT2D eigenvalue weighted by Crippen LogP contribution is -2.21. The van der Waals surface area contributed by atoms with Gasteiger partial charge in [0.1, 0.15) is 0 Å². The van der Waals surface area contributed by atoms with Gasteiger partial charge in [0.2, 0.25) is 5.96 Å². The average molecular weight is 191 g/mol. The van der Waals surface area contributed by atoms with Crippen molar-refractivity contribution < 1.29 is 0 Å². The summed E-state index contributed by atoms with van der Waals surface area (Å²) in [7, 11) is 0. The fraction of sp³-hybridized carbons (Fsp3) is 0.111. The van der Waals surface area contributed by atoms with Crippen LogP contribution in [0.15, 0.2) is 28.4 Å². The van der Waals surface area contributed by atoms with Gasteiger partial charge in [-0.3, -0.25) is 0 Å². The van der Waals surface area contributed by atoms with Crippen molar-refractivity contribution in [2.75, 3.05) is 5.73 Å². The maximum absolute atomic E-state index is 5.61. The van der Waals surface area contributed by atoms with E-state index in [9.17, 15) is 0 Å². The number of aryl methyl sites for hydroxylation is 1. The van der Waals surface area contributed by atoms with Crippen LogP contribution in [0.5, 0.6) is 0 Å². The first-order valence-electron chi connectivity index (χ1n) is 4.07. The third kappa shape index (κ3) is 2.78. The van der Waals surface area contributed by atoms with E-state index in [1.165, 1.54) is 0 Å². The van der Waals surface area contributed by atoms with Crippen LogP contribution in [0.4, 0.5) is 5.69 Å². The van der Waals surface area contributed by atoms with Crippen molar-refractivity contribution in [3.8, 4) is 0 Å². The van der Waals surface area contributed by atoms with E-state index < -0.39 is 0 Å². The summed E-state index contributed by atoms with van der Waals surface area (Å²) in [5.74, 6) is -0.0668. The Bertz CT molecular complexity index is 377. The number of anilines is 1. The van der Waals surface area contributed by atoms with Crippen molar-refractivity contribution in [1.29, 1.82) is 0 Å². The third-order valence-corrected chi connectivity index (χ3v) is 1.67. The van der Waals surface area contributed by atoms with Gasteiger partial charge in [0.15, 0.2) is 0 Å². The smallest absolute Gasteiger partial charge is 0.211 e. The van der Waals surface area contributed by atoms with E-state index in [2.05, 4.69) is 10.2 Å². The summed E-state index contributed by atoms with van der Waals surface area (Å²) in [5.41, 5.74) is 18.5. The second-order valence-electron chi connectivity index (χ2n) is 2.89. The van der Waals surface area contributed by atoms with E-state index in [4.69, 9.17) is 17.2 Å². The Morgan fingerprint density at radius 1 is 1.36 bits per heavy atom. The summed E-state index contributed by atoms with van der Waals surface area (Å²) in [6.45, 7) is 1.95. The standard InChI is InChI=1S/C9H13N5/c1-6-2-3-8(10)4-7(6)5-13-14-9(11)12/h2-5H,10H2,1H3,(H4,11,12,14)/b13-5+. The number of guanidine groups is 1. The zero-order valence-electron chi connectivity index (χ0n) is 7.94. The third-order valence-electron chi connectivity index (χ3n) is 1.67. The van der Waals surface area contributed by atoms with Crippen molar-refractivity contribution in [2.45, 2.75) is 6.92 Å². The fourth-order valence-corrected chi connectivity index (χ4v) is 0.956. The Morgan fingerprint density at radius 3 is 2.71 bits per heavy atom. The number of nitrogen functional groups attached to an aromatic ring is 1. The molecule has 0 aliphatic carbocycles. The maximum Gasteiger partial charge on any atom is 0.211 e. The van der Waals surface area contributed by atoms with E-state index >= 15 is 0 Å². The Kier molecular flexibility index (Phi) is 3.06. The number of rotatable bonds is 2. The average Bonchev–Trinajstić information content (AvgIpc) is 2.10. The van der Waals surface area contributed by atoms with Crippen LogP contribution >= 0.6 is 0 Å². The zero-order valence-corrected chi connectivity index (χ0v) is 7.94. The molecule has 0 spiro atoms. The summed E-state index contributed by atoms with van der Waals surface area (Å²) in [5, 5.41) is 7.19. The largest absolute Gasteiger partial charge is 0.399 e. The number of nitrogens with two attached hydrogens (primary N) is 3. The van der Waals surface area contributed by atoms with Crippen LogP contribution in [-0.4, -0.2) is 12.2 Å². The van der Waals surface area contributed by atoms with E-state index in [0.717, 1.165) is 11.1 Å². The van der Waals surface area contributed by atoms with Crippen molar-refractivity contribution in [3.05, 3.63) is 29.3 Å². The molecular weight excluding hydrogens is 178 g/mol. The summed E-state index contributed by atoms with van der Waals surface area (Å²) in [6, 6.07) is 5.54. The van der Waals surface area contributed by atoms with Crippen LogP contribution in [0.2, 0.25) is 0 Å². The van der Waals surface area contributed by atoms with Crippen molar-refractivity contribution in [2.24, 2.45) is 21.7 Å². The normalized spacial score (nSPS) is 10.4. The van der Waals surface area contributed by atoms with Crippen LogP contribution < -0.4 is 17.2 Å². The number of nitrogens with zero attached hydrogens (tertiary/aromatic N) is 2. The van der Waals surface area contributed by atoms with Gasteiger partial charge in [0.05, 0.1) is 6.21 Å². The topological polar surface area (TPSA) is 103 Å². The molecule has 1 aromatic rings. The molecule has 0 saturated heterocycles. The quantitative estimate of drug-likeness (QED) is 0.269. The molecule has 5 nitrogen and oxygen atoms in total. The molecule has 1 rings (SSSR count). The van der Waals surface area contributed by atoms with E-state index in [0.29, 0.717) is 5.69 Å². The van der Waals surface area contributed by atoms with Crippen LogP contribution in [0.25, 0.3) is 0 Å². The molecule has 0 amide bonds. The SMILES string of the molecule is Cc1ccc(N)cc1/C=N/N=C(N)N. The first-order chi connectivity index (χ1) is 6.59. The molecule has 0 bridgehead atoms. The van der Waals surface area contributed by atoms with E-state index in [1.807, 2.05) is 19.1 Å². The molecule has 0 aromatic heterocycles. The highest BCUT2D eigenvalue weighted by Gasteiger charge is 1.94. The van der Waals surface area contributed by atoms with Crippen LogP contribution in [0.3, 0.4) is 0 Å². The molecule has 0 aliphatic rings.